The molecule has 0 bridgehead atoms. The first kappa shape index (κ1) is 15.5. The largest absolute Gasteiger partial charge is 0.439 e. The summed E-state index contributed by atoms with van der Waals surface area (Å²) in [5.41, 5.74) is 4.58. The van der Waals surface area contributed by atoms with Crippen molar-refractivity contribution in [3.63, 3.8) is 0 Å². The third kappa shape index (κ3) is 4.07. The SMILES string of the molecule is Cc1ccc(Oc2cccc(C=C3CCC(=O)CC3)c2)nc1C. The first-order valence-corrected chi connectivity index (χ1v) is 8.03. The van der Waals surface area contributed by atoms with Gasteiger partial charge >= 0.3 is 0 Å². The number of nitrogens with zero attached hydrogens (tertiary/aromatic N) is 1. The van der Waals surface area contributed by atoms with E-state index in [2.05, 4.69) is 17.1 Å². The molecule has 1 saturated carbocycles. The van der Waals surface area contributed by atoms with Gasteiger partial charge in [-0.2, -0.15) is 0 Å². The Bertz CT molecular complexity index is 750. The Hall–Kier alpha value is -2.42. The van der Waals surface area contributed by atoms with Crippen LogP contribution >= 0.6 is 0 Å². The van der Waals surface area contributed by atoms with Crippen LogP contribution in [0.3, 0.4) is 0 Å². The molecule has 0 atom stereocenters. The maximum Gasteiger partial charge on any atom is 0.219 e. The number of aromatic nitrogens is 1. The van der Waals surface area contributed by atoms with Crippen molar-refractivity contribution in [3.8, 4) is 11.6 Å². The fourth-order valence-corrected chi connectivity index (χ4v) is 2.68. The molecule has 1 heterocycles. The maximum absolute atomic E-state index is 11.3. The standard InChI is InChI=1S/C20H21NO2/c1-14-6-11-20(21-15(14)2)23-19-5-3-4-17(13-19)12-16-7-9-18(22)10-8-16/h3-6,11-13H,7-10H2,1-2H3. The smallest absolute Gasteiger partial charge is 0.219 e. The third-order valence-corrected chi connectivity index (χ3v) is 4.23. The highest BCUT2D eigenvalue weighted by Gasteiger charge is 2.12. The molecule has 0 aliphatic heterocycles. The number of ether oxygens (including phenoxy) is 1. The molecule has 3 nitrogen and oxygen atoms in total. The summed E-state index contributed by atoms with van der Waals surface area (Å²) in [6, 6.07) is 11.9. The molecule has 1 aromatic carbocycles. The van der Waals surface area contributed by atoms with E-state index < -0.39 is 0 Å². The van der Waals surface area contributed by atoms with E-state index >= 15 is 0 Å². The number of pyridine rings is 1. The number of hydrogen-bond acceptors (Lipinski definition) is 3. The highest BCUT2D eigenvalue weighted by atomic mass is 16.5. The van der Waals surface area contributed by atoms with E-state index in [1.807, 2.05) is 44.2 Å². The molecule has 1 aromatic heterocycles. The Morgan fingerprint density at radius 3 is 2.57 bits per heavy atom. The van der Waals surface area contributed by atoms with Crippen molar-refractivity contribution in [2.24, 2.45) is 0 Å². The van der Waals surface area contributed by atoms with Gasteiger partial charge in [-0.3, -0.25) is 4.79 Å². The molecule has 1 aliphatic rings. The first-order valence-electron chi connectivity index (χ1n) is 8.03. The Balaban J connectivity index is 1.75. The number of Topliss-reactive ketones (excluding diaryl/α,β-unsaturated/α-hetero) is 1. The number of benzene rings is 1. The van der Waals surface area contributed by atoms with Crippen molar-refractivity contribution in [1.82, 2.24) is 4.98 Å². The quantitative estimate of drug-likeness (QED) is 0.799. The molecule has 0 unspecified atom stereocenters. The third-order valence-electron chi connectivity index (χ3n) is 4.23. The summed E-state index contributed by atoms with van der Waals surface area (Å²) in [6.45, 7) is 4.02. The van der Waals surface area contributed by atoms with Crippen molar-refractivity contribution in [3.05, 3.63) is 58.8 Å². The molecule has 0 N–H and O–H groups in total. The topological polar surface area (TPSA) is 39.2 Å². The van der Waals surface area contributed by atoms with E-state index in [9.17, 15) is 4.79 Å². The second-order valence-electron chi connectivity index (χ2n) is 6.07. The van der Waals surface area contributed by atoms with Gasteiger partial charge in [0.25, 0.3) is 0 Å². The lowest BCUT2D eigenvalue weighted by Gasteiger charge is -2.13. The number of aryl methyl sites for hydroxylation is 2. The summed E-state index contributed by atoms with van der Waals surface area (Å²) < 4.78 is 5.87. The van der Waals surface area contributed by atoms with Gasteiger partial charge in [-0.25, -0.2) is 4.98 Å². The number of allylic oxidation sites excluding steroid dienone is 1. The number of rotatable bonds is 3. The second-order valence-corrected chi connectivity index (χ2v) is 6.07. The van der Waals surface area contributed by atoms with Gasteiger partial charge in [-0.1, -0.05) is 29.8 Å². The van der Waals surface area contributed by atoms with Crippen molar-refractivity contribution in [1.29, 1.82) is 0 Å². The molecule has 3 heteroatoms. The fourth-order valence-electron chi connectivity index (χ4n) is 2.68. The van der Waals surface area contributed by atoms with Gasteiger partial charge in [0.1, 0.15) is 11.5 Å². The minimum absolute atomic E-state index is 0.375. The fraction of sp³-hybridized carbons (Fsp3) is 0.300. The number of carbonyl (C=O) groups is 1. The van der Waals surface area contributed by atoms with Gasteiger partial charge in [-0.15, -0.1) is 0 Å². The number of carbonyl (C=O) groups excluding carboxylic acids is 1. The van der Waals surface area contributed by atoms with Crippen LogP contribution < -0.4 is 4.74 Å². The monoisotopic (exact) mass is 307 g/mol. The molecule has 2 aromatic rings. The zero-order valence-electron chi connectivity index (χ0n) is 13.6. The summed E-state index contributed by atoms with van der Waals surface area (Å²) in [4.78, 5) is 15.8. The Kier molecular flexibility index (Phi) is 4.56. The molecule has 1 fully saturated rings. The lowest BCUT2D eigenvalue weighted by molar-refractivity contribution is -0.119. The highest BCUT2D eigenvalue weighted by molar-refractivity contribution is 5.80. The zero-order valence-corrected chi connectivity index (χ0v) is 13.6. The lowest BCUT2D eigenvalue weighted by Crippen LogP contribution is -2.05. The van der Waals surface area contributed by atoms with Crippen LogP contribution in [0.15, 0.2) is 42.0 Å². The van der Waals surface area contributed by atoms with E-state index in [4.69, 9.17) is 4.74 Å². The Morgan fingerprint density at radius 1 is 1.04 bits per heavy atom. The number of ketones is 1. The lowest BCUT2D eigenvalue weighted by atomic mass is 9.92. The van der Waals surface area contributed by atoms with Crippen LogP contribution in [0, 0.1) is 13.8 Å². The van der Waals surface area contributed by atoms with Gasteiger partial charge in [0.15, 0.2) is 0 Å². The Labute approximate surface area is 137 Å². The predicted molar refractivity (Wildman–Crippen MR) is 91.7 cm³/mol. The van der Waals surface area contributed by atoms with Crippen LogP contribution in [-0.2, 0) is 4.79 Å². The minimum Gasteiger partial charge on any atom is -0.439 e. The molecule has 118 valence electrons. The highest BCUT2D eigenvalue weighted by Crippen LogP contribution is 2.26. The molecule has 0 amide bonds. The van der Waals surface area contributed by atoms with E-state index in [-0.39, 0.29) is 0 Å². The van der Waals surface area contributed by atoms with Crippen molar-refractivity contribution >= 4 is 11.9 Å². The van der Waals surface area contributed by atoms with Gasteiger partial charge < -0.3 is 4.74 Å². The van der Waals surface area contributed by atoms with Crippen molar-refractivity contribution in [2.75, 3.05) is 0 Å². The molecule has 0 radical (unpaired) electrons. The predicted octanol–water partition coefficient (Wildman–Crippen LogP) is 5.02. The summed E-state index contributed by atoms with van der Waals surface area (Å²) in [5.74, 6) is 1.77. The zero-order chi connectivity index (χ0) is 16.2. The average Bonchev–Trinajstić information content (AvgIpc) is 2.54. The summed E-state index contributed by atoms with van der Waals surface area (Å²) in [5, 5.41) is 0. The van der Waals surface area contributed by atoms with Crippen LogP contribution in [0.4, 0.5) is 0 Å². The molecule has 23 heavy (non-hydrogen) atoms. The summed E-state index contributed by atoms with van der Waals surface area (Å²) in [7, 11) is 0. The molecule has 0 saturated heterocycles. The van der Waals surface area contributed by atoms with Crippen LogP contribution in [0.5, 0.6) is 11.6 Å². The van der Waals surface area contributed by atoms with E-state index in [1.54, 1.807) is 0 Å². The van der Waals surface area contributed by atoms with E-state index in [1.165, 1.54) is 5.57 Å². The summed E-state index contributed by atoms with van der Waals surface area (Å²) >= 11 is 0. The van der Waals surface area contributed by atoms with Crippen LogP contribution in [0.25, 0.3) is 6.08 Å². The normalized spacial score (nSPS) is 14.7. The van der Waals surface area contributed by atoms with E-state index in [0.29, 0.717) is 24.5 Å². The molecular formula is C20H21NO2. The minimum atomic E-state index is 0.375. The van der Waals surface area contributed by atoms with Crippen molar-refractivity contribution < 1.29 is 9.53 Å². The van der Waals surface area contributed by atoms with Gasteiger partial charge in [0.2, 0.25) is 5.88 Å². The van der Waals surface area contributed by atoms with E-state index in [0.717, 1.165) is 35.4 Å². The molecule has 1 aliphatic carbocycles. The maximum atomic E-state index is 11.3. The van der Waals surface area contributed by atoms with Crippen molar-refractivity contribution in [2.45, 2.75) is 39.5 Å². The summed E-state index contributed by atoms with van der Waals surface area (Å²) in [6.07, 6.45) is 5.28. The molecular weight excluding hydrogens is 286 g/mol. The van der Waals surface area contributed by atoms with Gasteiger partial charge in [0, 0.05) is 24.6 Å². The van der Waals surface area contributed by atoms with Crippen LogP contribution in [-0.4, -0.2) is 10.8 Å². The molecule has 0 spiro atoms. The van der Waals surface area contributed by atoms with Crippen LogP contribution in [0.1, 0.15) is 42.5 Å². The Morgan fingerprint density at radius 2 is 1.83 bits per heavy atom. The average molecular weight is 307 g/mol. The first-order chi connectivity index (χ1) is 11.1. The second kappa shape index (κ2) is 6.78. The van der Waals surface area contributed by atoms with Crippen LogP contribution in [0.2, 0.25) is 0 Å². The van der Waals surface area contributed by atoms with Gasteiger partial charge in [0.05, 0.1) is 0 Å². The molecule has 3 rings (SSSR count). The number of hydrogen-bond donors (Lipinski definition) is 0. The van der Waals surface area contributed by atoms with Gasteiger partial charge in [-0.05, 0) is 49.9 Å².